The van der Waals surface area contributed by atoms with Gasteiger partial charge in [0.2, 0.25) is 0 Å². The molecule has 1 aliphatic heterocycles. The van der Waals surface area contributed by atoms with E-state index in [4.69, 9.17) is 17.3 Å². The van der Waals surface area contributed by atoms with E-state index in [1.807, 2.05) is 24.3 Å². The Morgan fingerprint density at radius 3 is 3.00 bits per heavy atom. The molecule has 1 aromatic carbocycles. The number of halogens is 1. The van der Waals surface area contributed by atoms with Crippen molar-refractivity contribution >= 4 is 11.6 Å². The molecule has 1 heterocycles. The molecule has 1 saturated heterocycles. The molecule has 17 heavy (non-hydrogen) atoms. The normalized spacial score (nSPS) is 23.6. The van der Waals surface area contributed by atoms with Gasteiger partial charge < -0.3 is 10.8 Å². The van der Waals surface area contributed by atoms with Gasteiger partial charge in [-0.15, -0.1) is 0 Å². The molecular formula is C13H19ClN2O. The highest BCUT2D eigenvalue weighted by Crippen LogP contribution is 2.25. The molecule has 3 nitrogen and oxygen atoms in total. The van der Waals surface area contributed by atoms with Gasteiger partial charge in [0.05, 0.1) is 6.10 Å². The first-order valence-corrected chi connectivity index (χ1v) is 6.46. The topological polar surface area (TPSA) is 49.5 Å². The lowest BCUT2D eigenvalue weighted by atomic mass is 10.0. The standard InChI is InChI=1S/C13H19ClN2O/c14-11-4-1-3-10(7-11)13(8-15)16-6-2-5-12(17)9-16/h1,3-4,7,12-13,17H,2,5-6,8-9,15H2. The maximum absolute atomic E-state index is 9.72. The number of hydrogen-bond donors (Lipinski definition) is 2. The molecule has 0 radical (unpaired) electrons. The van der Waals surface area contributed by atoms with Crippen molar-refractivity contribution in [1.82, 2.24) is 4.90 Å². The van der Waals surface area contributed by atoms with Crippen LogP contribution in [0, 0.1) is 0 Å². The SMILES string of the molecule is NCC(c1cccc(Cl)c1)N1CCCC(O)C1. The minimum Gasteiger partial charge on any atom is -0.392 e. The van der Waals surface area contributed by atoms with E-state index < -0.39 is 0 Å². The van der Waals surface area contributed by atoms with Crippen molar-refractivity contribution in [2.45, 2.75) is 25.0 Å². The van der Waals surface area contributed by atoms with E-state index in [1.54, 1.807) is 0 Å². The van der Waals surface area contributed by atoms with Gasteiger partial charge in [0.25, 0.3) is 0 Å². The smallest absolute Gasteiger partial charge is 0.0667 e. The van der Waals surface area contributed by atoms with E-state index >= 15 is 0 Å². The third-order valence-corrected chi connectivity index (χ3v) is 3.56. The first kappa shape index (κ1) is 12.8. The maximum Gasteiger partial charge on any atom is 0.0667 e. The zero-order valence-corrected chi connectivity index (χ0v) is 10.6. The van der Waals surface area contributed by atoms with Crippen LogP contribution in [0.2, 0.25) is 5.02 Å². The van der Waals surface area contributed by atoms with Crippen LogP contribution >= 0.6 is 11.6 Å². The molecule has 4 heteroatoms. The summed E-state index contributed by atoms with van der Waals surface area (Å²) >= 11 is 6.00. The van der Waals surface area contributed by atoms with Crippen LogP contribution in [0.4, 0.5) is 0 Å². The Labute approximate surface area is 107 Å². The van der Waals surface area contributed by atoms with Gasteiger partial charge in [-0.25, -0.2) is 0 Å². The third kappa shape index (κ3) is 3.19. The lowest BCUT2D eigenvalue weighted by Gasteiger charge is -2.36. The number of rotatable bonds is 3. The Kier molecular flexibility index (Phi) is 4.40. The minimum absolute atomic E-state index is 0.156. The molecule has 2 rings (SSSR count). The van der Waals surface area contributed by atoms with Crippen molar-refractivity contribution < 1.29 is 5.11 Å². The number of hydrogen-bond acceptors (Lipinski definition) is 3. The van der Waals surface area contributed by atoms with Crippen LogP contribution in [-0.2, 0) is 0 Å². The highest BCUT2D eigenvalue weighted by atomic mass is 35.5. The zero-order chi connectivity index (χ0) is 12.3. The second-order valence-electron chi connectivity index (χ2n) is 4.60. The van der Waals surface area contributed by atoms with Gasteiger partial charge in [-0.2, -0.15) is 0 Å². The summed E-state index contributed by atoms with van der Waals surface area (Å²) in [6.45, 7) is 2.24. The lowest BCUT2D eigenvalue weighted by Crippen LogP contribution is -2.43. The van der Waals surface area contributed by atoms with Crippen LogP contribution in [0.1, 0.15) is 24.4 Å². The summed E-state index contributed by atoms with van der Waals surface area (Å²) in [5, 5.41) is 10.5. The molecule has 1 fully saturated rings. The maximum atomic E-state index is 9.72. The van der Waals surface area contributed by atoms with Gasteiger partial charge in [0, 0.05) is 24.2 Å². The average Bonchev–Trinajstić information content (AvgIpc) is 2.30. The Hall–Kier alpha value is -0.610. The van der Waals surface area contributed by atoms with Gasteiger partial charge in [-0.05, 0) is 37.1 Å². The fraction of sp³-hybridized carbons (Fsp3) is 0.538. The lowest BCUT2D eigenvalue weighted by molar-refractivity contribution is 0.0480. The van der Waals surface area contributed by atoms with Gasteiger partial charge in [-0.1, -0.05) is 23.7 Å². The predicted molar refractivity (Wildman–Crippen MR) is 70.1 cm³/mol. The number of β-amino-alcohol motifs (C(OH)–C–C–N with tert-alkyl or cyclic N) is 1. The second kappa shape index (κ2) is 5.83. The van der Waals surface area contributed by atoms with Gasteiger partial charge in [-0.3, -0.25) is 4.90 Å². The molecule has 0 bridgehead atoms. The van der Waals surface area contributed by atoms with Crippen LogP contribution < -0.4 is 5.73 Å². The Bertz CT molecular complexity index is 372. The van der Waals surface area contributed by atoms with Crippen molar-refractivity contribution in [3.05, 3.63) is 34.9 Å². The van der Waals surface area contributed by atoms with E-state index in [2.05, 4.69) is 4.90 Å². The van der Waals surface area contributed by atoms with E-state index in [0.717, 1.165) is 30.0 Å². The van der Waals surface area contributed by atoms with Crippen LogP contribution in [-0.4, -0.2) is 35.7 Å². The molecule has 0 saturated carbocycles. The summed E-state index contributed by atoms with van der Waals surface area (Å²) in [7, 11) is 0. The Balaban J connectivity index is 2.15. The summed E-state index contributed by atoms with van der Waals surface area (Å²) in [6, 6.07) is 7.97. The third-order valence-electron chi connectivity index (χ3n) is 3.33. The molecule has 1 aliphatic rings. The van der Waals surface area contributed by atoms with Crippen molar-refractivity contribution in [3.63, 3.8) is 0 Å². The van der Waals surface area contributed by atoms with E-state index in [9.17, 15) is 5.11 Å². The fourth-order valence-electron chi connectivity index (χ4n) is 2.48. The highest BCUT2D eigenvalue weighted by Gasteiger charge is 2.24. The highest BCUT2D eigenvalue weighted by molar-refractivity contribution is 6.30. The number of nitrogens with two attached hydrogens (primary N) is 1. The fourth-order valence-corrected chi connectivity index (χ4v) is 2.67. The molecule has 0 aliphatic carbocycles. The zero-order valence-electron chi connectivity index (χ0n) is 9.85. The molecule has 2 atom stereocenters. The molecule has 0 aromatic heterocycles. The average molecular weight is 255 g/mol. The van der Waals surface area contributed by atoms with Gasteiger partial charge in [0.15, 0.2) is 0 Å². The predicted octanol–water partition coefficient (Wildman–Crippen LogP) is 1.80. The monoisotopic (exact) mass is 254 g/mol. The molecule has 2 unspecified atom stereocenters. The number of piperidine rings is 1. The van der Waals surface area contributed by atoms with E-state index in [-0.39, 0.29) is 12.1 Å². The Morgan fingerprint density at radius 1 is 1.53 bits per heavy atom. The molecule has 94 valence electrons. The quantitative estimate of drug-likeness (QED) is 0.865. The minimum atomic E-state index is -0.225. The molecule has 1 aromatic rings. The van der Waals surface area contributed by atoms with Crippen molar-refractivity contribution in [2.75, 3.05) is 19.6 Å². The number of aliphatic hydroxyl groups excluding tert-OH is 1. The van der Waals surface area contributed by atoms with Crippen molar-refractivity contribution in [3.8, 4) is 0 Å². The second-order valence-corrected chi connectivity index (χ2v) is 5.03. The van der Waals surface area contributed by atoms with Gasteiger partial charge >= 0.3 is 0 Å². The van der Waals surface area contributed by atoms with Crippen LogP contribution in [0.25, 0.3) is 0 Å². The number of likely N-dealkylation sites (tertiary alicyclic amines) is 1. The van der Waals surface area contributed by atoms with E-state index in [1.165, 1.54) is 0 Å². The van der Waals surface area contributed by atoms with Crippen molar-refractivity contribution in [2.24, 2.45) is 5.73 Å². The van der Waals surface area contributed by atoms with Crippen LogP contribution in [0.15, 0.2) is 24.3 Å². The van der Waals surface area contributed by atoms with Crippen LogP contribution in [0.3, 0.4) is 0 Å². The summed E-state index contributed by atoms with van der Waals surface area (Å²) in [6.07, 6.45) is 1.69. The summed E-state index contributed by atoms with van der Waals surface area (Å²) < 4.78 is 0. The summed E-state index contributed by atoms with van der Waals surface area (Å²) in [5.74, 6) is 0. The number of nitrogens with zero attached hydrogens (tertiary/aromatic N) is 1. The number of benzene rings is 1. The number of aliphatic hydroxyl groups is 1. The summed E-state index contributed by atoms with van der Waals surface area (Å²) in [5.41, 5.74) is 7.00. The molecular weight excluding hydrogens is 236 g/mol. The molecule has 0 spiro atoms. The first-order chi connectivity index (χ1) is 8.20. The van der Waals surface area contributed by atoms with Crippen LogP contribution in [0.5, 0.6) is 0 Å². The summed E-state index contributed by atoms with van der Waals surface area (Å²) in [4.78, 5) is 2.25. The van der Waals surface area contributed by atoms with E-state index in [0.29, 0.717) is 13.1 Å². The van der Waals surface area contributed by atoms with Gasteiger partial charge in [0.1, 0.15) is 0 Å². The molecule has 0 amide bonds. The Morgan fingerprint density at radius 2 is 2.35 bits per heavy atom. The van der Waals surface area contributed by atoms with Crippen molar-refractivity contribution in [1.29, 1.82) is 0 Å². The largest absolute Gasteiger partial charge is 0.392 e. The molecule has 3 N–H and O–H groups in total. The first-order valence-electron chi connectivity index (χ1n) is 6.08.